The van der Waals surface area contributed by atoms with E-state index in [-0.39, 0.29) is 23.1 Å². The molecule has 1 saturated heterocycles. The normalized spacial score (nSPS) is 34.0. The third kappa shape index (κ3) is 2.06. The average molecular weight is 278 g/mol. The Morgan fingerprint density at radius 1 is 1.32 bits per heavy atom. The molecule has 2 fully saturated rings. The van der Waals surface area contributed by atoms with E-state index < -0.39 is 0 Å². The minimum atomic E-state index is -0.250. The maximum Gasteiger partial charge on any atom is 0.234 e. The Labute approximate surface area is 117 Å². The molecule has 1 spiro atoms. The number of carbonyl (C=O) groups excluding carboxylic acids is 2. The van der Waals surface area contributed by atoms with E-state index in [2.05, 4.69) is 12.2 Å². The third-order valence-electron chi connectivity index (χ3n) is 4.34. The molecule has 100 valence electrons. The summed E-state index contributed by atoms with van der Waals surface area (Å²) in [6.07, 6.45) is 2.31. The van der Waals surface area contributed by atoms with Crippen molar-refractivity contribution >= 4 is 23.4 Å². The summed E-state index contributed by atoms with van der Waals surface area (Å²) in [5, 5.41) is 3.09. The summed E-state index contributed by atoms with van der Waals surface area (Å²) in [5.41, 5.74) is 0.730. The van der Waals surface area contributed by atoms with Gasteiger partial charge in [0.25, 0.3) is 0 Å². The zero-order chi connectivity index (χ0) is 13.6. The molecule has 2 amide bonds. The number of carbonyl (C=O) groups is 2. The second-order valence-electron chi connectivity index (χ2n) is 5.95. The maximum atomic E-state index is 12.3. The van der Waals surface area contributed by atoms with E-state index in [4.69, 9.17) is 11.6 Å². The molecular formula is C15H16ClNO2. The van der Waals surface area contributed by atoms with E-state index >= 15 is 0 Å². The Hall–Kier alpha value is -1.35. The van der Waals surface area contributed by atoms with Crippen LogP contribution in [0.3, 0.4) is 0 Å². The van der Waals surface area contributed by atoms with Gasteiger partial charge in [-0.2, -0.15) is 0 Å². The fourth-order valence-corrected chi connectivity index (χ4v) is 4.05. The standard InChI is InChI=1S/C15H16ClNO2/c1-9-6-15(7-9)8-12(18)17-14(19)13(15)10-3-2-4-11(16)5-10/h2-5,9,13H,6-8H2,1H3,(H,17,18,19). The van der Waals surface area contributed by atoms with Gasteiger partial charge in [0, 0.05) is 11.4 Å². The van der Waals surface area contributed by atoms with Gasteiger partial charge >= 0.3 is 0 Å². The average Bonchev–Trinajstić information content (AvgIpc) is 2.26. The van der Waals surface area contributed by atoms with Crippen molar-refractivity contribution in [3.63, 3.8) is 0 Å². The summed E-state index contributed by atoms with van der Waals surface area (Å²) in [4.78, 5) is 23.9. The molecule has 1 aromatic carbocycles. The Balaban J connectivity index is 2.01. The monoisotopic (exact) mass is 277 g/mol. The van der Waals surface area contributed by atoms with Crippen molar-refractivity contribution in [1.82, 2.24) is 5.32 Å². The summed E-state index contributed by atoms with van der Waals surface area (Å²) in [6.45, 7) is 2.16. The molecule has 1 N–H and O–H groups in total. The fraction of sp³-hybridized carbons (Fsp3) is 0.467. The van der Waals surface area contributed by atoms with Crippen molar-refractivity contribution in [3.05, 3.63) is 34.9 Å². The first-order valence-electron chi connectivity index (χ1n) is 6.59. The number of nitrogens with one attached hydrogen (secondary N) is 1. The van der Waals surface area contributed by atoms with Crippen molar-refractivity contribution in [2.24, 2.45) is 11.3 Å². The molecule has 1 aliphatic heterocycles. The molecule has 0 radical (unpaired) electrons. The zero-order valence-corrected chi connectivity index (χ0v) is 11.5. The molecule has 1 heterocycles. The molecule has 0 bridgehead atoms. The second kappa shape index (κ2) is 4.34. The maximum absolute atomic E-state index is 12.3. The van der Waals surface area contributed by atoms with Crippen LogP contribution in [0.15, 0.2) is 24.3 Å². The molecule has 0 aromatic heterocycles. The van der Waals surface area contributed by atoms with Gasteiger partial charge in [-0.1, -0.05) is 30.7 Å². The summed E-state index contributed by atoms with van der Waals surface area (Å²) < 4.78 is 0. The van der Waals surface area contributed by atoms with Gasteiger partial charge in [0.1, 0.15) is 0 Å². The van der Waals surface area contributed by atoms with Gasteiger partial charge in [0.2, 0.25) is 11.8 Å². The Bertz CT molecular complexity index is 549. The lowest BCUT2D eigenvalue weighted by Gasteiger charge is -2.52. The predicted octanol–water partition coefficient (Wildman–Crippen LogP) is 2.89. The first-order chi connectivity index (χ1) is 9.00. The van der Waals surface area contributed by atoms with Gasteiger partial charge in [-0.15, -0.1) is 0 Å². The molecule has 1 saturated carbocycles. The van der Waals surface area contributed by atoms with Crippen LogP contribution >= 0.6 is 11.6 Å². The Kier molecular flexibility index (Phi) is 2.90. The minimum absolute atomic E-state index is 0.143. The highest BCUT2D eigenvalue weighted by atomic mass is 35.5. The van der Waals surface area contributed by atoms with Gasteiger partial charge in [-0.25, -0.2) is 0 Å². The molecule has 4 heteroatoms. The second-order valence-corrected chi connectivity index (χ2v) is 6.39. The van der Waals surface area contributed by atoms with Crippen LogP contribution in [0.4, 0.5) is 0 Å². The highest BCUT2D eigenvalue weighted by molar-refractivity contribution is 6.30. The lowest BCUT2D eigenvalue weighted by molar-refractivity contribution is -0.145. The van der Waals surface area contributed by atoms with E-state index in [1.54, 1.807) is 6.07 Å². The van der Waals surface area contributed by atoms with E-state index in [9.17, 15) is 9.59 Å². The van der Waals surface area contributed by atoms with Crippen LogP contribution in [-0.4, -0.2) is 11.8 Å². The summed E-state index contributed by atoms with van der Waals surface area (Å²) in [6, 6.07) is 7.42. The number of halogens is 1. The topological polar surface area (TPSA) is 46.2 Å². The number of piperidine rings is 1. The van der Waals surface area contributed by atoms with Crippen LogP contribution in [0.1, 0.15) is 37.7 Å². The molecule has 1 aromatic rings. The van der Waals surface area contributed by atoms with Crippen LogP contribution in [0, 0.1) is 11.3 Å². The van der Waals surface area contributed by atoms with Crippen LogP contribution in [0.2, 0.25) is 5.02 Å². The first-order valence-corrected chi connectivity index (χ1v) is 6.97. The predicted molar refractivity (Wildman–Crippen MR) is 72.8 cm³/mol. The molecule has 3 nitrogen and oxygen atoms in total. The van der Waals surface area contributed by atoms with Crippen LogP contribution < -0.4 is 5.32 Å². The van der Waals surface area contributed by atoms with E-state index in [0.29, 0.717) is 17.4 Å². The molecular weight excluding hydrogens is 262 g/mol. The highest BCUT2D eigenvalue weighted by Gasteiger charge is 2.55. The number of imide groups is 1. The number of rotatable bonds is 1. The summed E-state index contributed by atoms with van der Waals surface area (Å²) in [7, 11) is 0. The van der Waals surface area contributed by atoms with Crippen LogP contribution in [0.25, 0.3) is 0 Å². The van der Waals surface area contributed by atoms with Gasteiger partial charge in [-0.05, 0) is 41.9 Å². The van der Waals surface area contributed by atoms with E-state index in [0.717, 1.165) is 18.4 Å². The van der Waals surface area contributed by atoms with Crippen molar-refractivity contribution in [2.75, 3.05) is 0 Å². The highest BCUT2D eigenvalue weighted by Crippen LogP contribution is 2.58. The fourth-order valence-electron chi connectivity index (χ4n) is 3.85. The van der Waals surface area contributed by atoms with Crippen LogP contribution in [0.5, 0.6) is 0 Å². The smallest absolute Gasteiger partial charge is 0.234 e. The number of hydrogen-bond donors (Lipinski definition) is 1. The summed E-state index contributed by atoms with van der Waals surface area (Å²) >= 11 is 6.02. The van der Waals surface area contributed by atoms with E-state index in [1.807, 2.05) is 18.2 Å². The quantitative estimate of drug-likeness (QED) is 0.803. The Morgan fingerprint density at radius 2 is 2.05 bits per heavy atom. The number of benzene rings is 1. The van der Waals surface area contributed by atoms with Gasteiger partial charge in [0.15, 0.2) is 0 Å². The van der Waals surface area contributed by atoms with Crippen molar-refractivity contribution in [2.45, 2.75) is 32.1 Å². The minimum Gasteiger partial charge on any atom is -0.296 e. The molecule has 1 aliphatic carbocycles. The molecule has 1 unspecified atom stereocenters. The zero-order valence-electron chi connectivity index (χ0n) is 10.8. The largest absolute Gasteiger partial charge is 0.296 e. The van der Waals surface area contributed by atoms with E-state index in [1.165, 1.54) is 0 Å². The number of amides is 2. The van der Waals surface area contributed by atoms with Crippen molar-refractivity contribution < 1.29 is 9.59 Å². The van der Waals surface area contributed by atoms with Crippen LogP contribution in [-0.2, 0) is 9.59 Å². The van der Waals surface area contributed by atoms with Crippen molar-refractivity contribution in [3.8, 4) is 0 Å². The molecule has 19 heavy (non-hydrogen) atoms. The lowest BCUT2D eigenvalue weighted by atomic mass is 9.52. The SMILES string of the molecule is CC1CC2(CC(=O)NC(=O)C2c2cccc(Cl)c2)C1. The molecule has 3 rings (SSSR count). The van der Waals surface area contributed by atoms with Gasteiger partial charge in [0.05, 0.1) is 5.92 Å². The third-order valence-corrected chi connectivity index (χ3v) is 4.58. The van der Waals surface area contributed by atoms with Gasteiger partial charge < -0.3 is 0 Å². The Morgan fingerprint density at radius 3 is 2.68 bits per heavy atom. The summed E-state index contributed by atoms with van der Waals surface area (Å²) in [5.74, 6) is 0.0149. The van der Waals surface area contributed by atoms with Gasteiger partial charge in [-0.3, -0.25) is 14.9 Å². The van der Waals surface area contributed by atoms with Crippen molar-refractivity contribution in [1.29, 1.82) is 0 Å². The first kappa shape index (κ1) is 12.7. The number of hydrogen-bond acceptors (Lipinski definition) is 2. The molecule has 1 atom stereocenters. The lowest BCUT2D eigenvalue weighted by Crippen LogP contribution is -2.55. The molecule has 2 aliphatic rings.